The summed E-state index contributed by atoms with van der Waals surface area (Å²) < 4.78 is 5.16. The number of fused-ring (bicyclic) bond motifs is 2. The van der Waals surface area contributed by atoms with Crippen LogP contribution in [0.2, 0.25) is 0 Å². The normalized spacial score (nSPS) is 29.7. The Morgan fingerprint density at radius 3 is 2.61 bits per heavy atom. The zero-order valence-electron chi connectivity index (χ0n) is 10.4. The summed E-state index contributed by atoms with van der Waals surface area (Å²) in [6.07, 6.45) is 6.18. The number of halogens is 1. The lowest BCUT2D eigenvalue weighted by Crippen LogP contribution is -2.48. The highest BCUT2D eigenvalue weighted by Gasteiger charge is 2.34. The average Bonchev–Trinajstić information content (AvgIpc) is 2.85. The van der Waals surface area contributed by atoms with Crippen LogP contribution < -0.4 is 10.6 Å². The van der Waals surface area contributed by atoms with Crippen molar-refractivity contribution in [2.75, 3.05) is 0 Å². The third-order valence-electron chi connectivity index (χ3n) is 3.91. The summed E-state index contributed by atoms with van der Waals surface area (Å²) in [5.74, 6) is 0.696. The fourth-order valence-electron chi connectivity index (χ4n) is 3.06. The molecule has 2 bridgehead atoms. The molecule has 5 heteroatoms. The monoisotopic (exact) mass is 270 g/mol. The molecule has 0 spiro atoms. The van der Waals surface area contributed by atoms with E-state index in [2.05, 4.69) is 10.6 Å². The van der Waals surface area contributed by atoms with Crippen molar-refractivity contribution in [1.82, 2.24) is 10.6 Å². The van der Waals surface area contributed by atoms with Crippen molar-refractivity contribution in [1.29, 1.82) is 0 Å². The molecule has 2 unspecified atom stereocenters. The van der Waals surface area contributed by atoms with Crippen LogP contribution in [0.5, 0.6) is 0 Å². The van der Waals surface area contributed by atoms with Gasteiger partial charge < -0.3 is 15.1 Å². The van der Waals surface area contributed by atoms with E-state index in [1.165, 1.54) is 12.8 Å². The zero-order valence-corrected chi connectivity index (χ0v) is 11.3. The Kier molecular flexibility index (Phi) is 3.97. The second-order valence-electron chi connectivity index (χ2n) is 5.17. The van der Waals surface area contributed by atoms with Gasteiger partial charge >= 0.3 is 0 Å². The molecule has 2 atom stereocenters. The lowest BCUT2D eigenvalue weighted by Gasteiger charge is -2.29. The van der Waals surface area contributed by atoms with Gasteiger partial charge in [0, 0.05) is 18.1 Å². The highest BCUT2D eigenvalue weighted by Crippen LogP contribution is 2.27. The molecule has 1 amide bonds. The van der Waals surface area contributed by atoms with Crippen molar-refractivity contribution >= 4 is 18.3 Å². The summed E-state index contributed by atoms with van der Waals surface area (Å²) in [6, 6.07) is 3.25. The standard InChI is InChI=1S/C13H18N2O2.ClH/c1-8-12(4-5-17-8)13(16)15-11-6-9-2-3-10(7-11)14-9;/h4-5,9-11,14H,2-3,6-7H2,1H3,(H,15,16);1H. The summed E-state index contributed by atoms with van der Waals surface area (Å²) in [6.45, 7) is 1.82. The molecule has 1 aromatic rings. The van der Waals surface area contributed by atoms with Gasteiger partial charge in [-0.15, -0.1) is 12.4 Å². The number of carbonyl (C=O) groups excluding carboxylic acids is 1. The maximum absolute atomic E-state index is 12.0. The zero-order chi connectivity index (χ0) is 11.8. The summed E-state index contributed by atoms with van der Waals surface area (Å²) in [5, 5.41) is 6.69. The van der Waals surface area contributed by atoms with Crippen molar-refractivity contribution < 1.29 is 9.21 Å². The van der Waals surface area contributed by atoms with Crippen molar-refractivity contribution in [2.24, 2.45) is 0 Å². The summed E-state index contributed by atoms with van der Waals surface area (Å²) in [4.78, 5) is 12.0. The van der Waals surface area contributed by atoms with E-state index in [0.29, 0.717) is 29.4 Å². The third-order valence-corrected chi connectivity index (χ3v) is 3.91. The molecule has 100 valence electrons. The molecule has 0 saturated carbocycles. The molecular weight excluding hydrogens is 252 g/mol. The second kappa shape index (κ2) is 5.33. The average molecular weight is 271 g/mol. The van der Waals surface area contributed by atoms with Gasteiger partial charge in [0.05, 0.1) is 11.8 Å². The Morgan fingerprint density at radius 2 is 2.06 bits per heavy atom. The first-order valence-corrected chi connectivity index (χ1v) is 6.33. The highest BCUT2D eigenvalue weighted by atomic mass is 35.5. The third kappa shape index (κ3) is 2.54. The molecule has 3 rings (SSSR count). The van der Waals surface area contributed by atoms with Gasteiger partial charge in [-0.05, 0) is 38.7 Å². The van der Waals surface area contributed by atoms with E-state index in [1.807, 2.05) is 6.92 Å². The molecule has 18 heavy (non-hydrogen) atoms. The lowest BCUT2D eigenvalue weighted by molar-refractivity contribution is 0.0922. The van der Waals surface area contributed by atoms with Crippen molar-refractivity contribution in [3.63, 3.8) is 0 Å². The van der Waals surface area contributed by atoms with Crippen LogP contribution in [-0.4, -0.2) is 24.0 Å². The fourth-order valence-corrected chi connectivity index (χ4v) is 3.06. The van der Waals surface area contributed by atoms with E-state index in [9.17, 15) is 4.79 Å². The molecular formula is C13H19ClN2O2. The van der Waals surface area contributed by atoms with Crippen LogP contribution in [-0.2, 0) is 0 Å². The Hall–Kier alpha value is -1.00. The maximum atomic E-state index is 12.0. The summed E-state index contributed by atoms with van der Waals surface area (Å²) in [5.41, 5.74) is 0.663. The molecule has 0 radical (unpaired) electrons. The van der Waals surface area contributed by atoms with E-state index in [4.69, 9.17) is 4.42 Å². The second-order valence-corrected chi connectivity index (χ2v) is 5.17. The maximum Gasteiger partial charge on any atom is 0.255 e. The molecule has 0 aromatic carbocycles. The van der Waals surface area contributed by atoms with Crippen LogP contribution in [0.25, 0.3) is 0 Å². The first-order chi connectivity index (χ1) is 8.22. The Balaban J connectivity index is 0.00000120. The van der Waals surface area contributed by atoms with Crippen LogP contribution >= 0.6 is 12.4 Å². The molecule has 0 aliphatic carbocycles. The van der Waals surface area contributed by atoms with Gasteiger partial charge in [-0.3, -0.25) is 4.79 Å². The molecule has 2 aliphatic rings. The number of hydrogen-bond donors (Lipinski definition) is 2. The molecule has 3 heterocycles. The molecule has 1 aromatic heterocycles. The number of amides is 1. The Morgan fingerprint density at radius 1 is 1.39 bits per heavy atom. The number of aryl methyl sites for hydroxylation is 1. The van der Waals surface area contributed by atoms with Crippen molar-refractivity contribution in [2.45, 2.75) is 50.7 Å². The van der Waals surface area contributed by atoms with Crippen molar-refractivity contribution in [3.05, 3.63) is 23.7 Å². The van der Waals surface area contributed by atoms with E-state index in [-0.39, 0.29) is 18.3 Å². The molecule has 2 N–H and O–H groups in total. The van der Waals surface area contributed by atoms with Gasteiger partial charge in [0.15, 0.2) is 0 Å². The van der Waals surface area contributed by atoms with Gasteiger partial charge in [-0.2, -0.15) is 0 Å². The minimum absolute atomic E-state index is 0. The topological polar surface area (TPSA) is 54.3 Å². The molecule has 2 aliphatic heterocycles. The van der Waals surface area contributed by atoms with Gasteiger partial charge in [-0.25, -0.2) is 0 Å². The Bertz CT molecular complexity index is 420. The predicted octanol–water partition coefficient (Wildman–Crippen LogP) is 2.02. The van der Waals surface area contributed by atoms with E-state index >= 15 is 0 Å². The van der Waals surface area contributed by atoms with Gasteiger partial charge in [0.2, 0.25) is 0 Å². The van der Waals surface area contributed by atoms with Crippen LogP contribution in [0.3, 0.4) is 0 Å². The summed E-state index contributed by atoms with van der Waals surface area (Å²) in [7, 11) is 0. The van der Waals surface area contributed by atoms with Gasteiger partial charge in [-0.1, -0.05) is 0 Å². The van der Waals surface area contributed by atoms with Crippen LogP contribution in [0.4, 0.5) is 0 Å². The Labute approximate surface area is 113 Å². The number of rotatable bonds is 2. The van der Waals surface area contributed by atoms with Crippen molar-refractivity contribution in [3.8, 4) is 0 Å². The quantitative estimate of drug-likeness (QED) is 0.865. The van der Waals surface area contributed by atoms with Crippen LogP contribution in [0, 0.1) is 6.92 Å². The lowest BCUT2D eigenvalue weighted by atomic mass is 9.99. The SMILES string of the molecule is Cc1occc1C(=O)NC1CC2CCC(C1)N2.Cl. The number of nitrogens with one attached hydrogen (secondary N) is 2. The summed E-state index contributed by atoms with van der Waals surface area (Å²) >= 11 is 0. The highest BCUT2D eigenvalue weighted by molar-refractivity contribution is 5.95. The smallest absolute Gasteiger partial charge is 0.255 e. The minimum atomic E-state index is 0. The fraction of sp³-hybridized carbons (Fsp3) is 0.615. The largest absolute Gasteiger partial charge is 0.469 e. The van der Waals surface area contributed by atoms with E-state index in [1.54, 1.807) is 12.3 Å². The minimum Gasteiger partial charge on any atom is -0.469 e. The van der Waals surface area contributed by atoms with Crippen LogP contribution in [0.15, 0.2) is 16.7 Å². The van der Waals surface area contributed by atoms with E-state index < -0.39 is 0 Å². The molecule has 2 fully saturated rings. The number of furan rings is 1. The number of carbonyl (C=O) groups is 1. The molecule has 4 nitrogen and oxygen atoms in total. The molecule has 2 saturated heterocycles. The number of hydrogen-bond acceptors (Lipinski definition) is 3. The first-order valence-electron chi connectivity index (χ1n) is 6.33. The predicted molar refractivity (Wildman–Crippen MR) is 71.1 cm³/mol. The number of piperidine rings is 1. The van der Waals surface area contributed by atoms with Gasteiger partial charge in [0.1, 0.15) is 5.76 Å². The van der Waals surface area contributed by atoms with Gasteiger partial charge in [0.25, 0.3) is 5.91 Å². The van der Waals surface area contributed by atoms with E-state index in [0.717, 1.165) is 12.8 Å². The van der Waals surface area contributed by atoms with Crippen LogP contribution in [0.1, 0.15) is 41.8 Å². The first kappa shape index (κ1) is 13.4.